The zero-order chi connectivity index (χ0) is 28.5. The maximum Gasteiger partial charge on any atom is 0.344 e. The molecule has 2 aromatic rings. The van der Waals surface area contributed by atoms with Crippen LogP contribution in [-0.2, 0) is 14.4 Å². The summed E-state index contributed by atoms with van der Waals surface area (Å²) >= 11 is 0. The second kappa shape index (κ2) is 13.9. The molecule has 7 nitrogen and oxygen atoms in total. The Morgan fingerprint density at radius 1 is 0.923 bits per heavy atom. The molecule has 1 N–H and O–H groups in total. The van der Waals surface area contributed by atoms with E-state index in [1.54, 1.807) is 30.3 Å². The normalized spacial score (nSPS) is 17.1. The average molecular weight is 540 g/mol. The van der Waals surface area contributed by atoms with Crippen molar-refractivity contribution in [1.82, 2.24) is 5.06 Å². The van der Waals surface area contributed by atoms with E-state index in [-0.39, 0.29) is 46.6 Å². The Hall–Kier alpha value is -2.90. The number of hydroxylamine groups is 2. The van der Waals surface area contributed by atoms with Crippen molar-refractivity contribution >= 4 is 11.8 Å². The highest BCUT2D eigenvalue weighted by Gasteiger charge is 2.47. The van der Waals surface area contributed by atoms with Gasteiger partial charge in [0.15, 0.2) is 12.4 Å². The van der Waals surface area contributed by atoms with E-state index in [1.807, 2.05) is 6.07 Å². The number of phenolic OH excluding ortho intramolecular Hbond substituents is 1. The highest BCUT2D eigenvalue weighted by Crippen LogP contribution is 2.40. The number of carbonyl (C=O) groups excluding carboxylic acids is 2. The molecule has 1 heterocycles. The van der Waals surface area contributed by atoms with Crippen LogP contribution in [-0.4, -0.2) is 52.3 Å². The average Bonchev–Trinajstić information content (AvgIpc) is 2.87. The lowest BCUT2D eigenvalue weighted by atomic mass is 9.80. The molecule has 214 valence electrons. The van der Waals surface area contributed by atoms with E-state index < -0.39 is 5.97 Å². The molecule has 1 aliphatic rings. The Balaban J connectivity index is 1.48. The summed E-state index contributed by atoms with van der Waals surface area (Å²) in [7, 11) is 0. The highest BCUT2D eigenvalue weighted by molar-refractivity contribution is 6.10. The fraction of sp³-hybridized carbons (Fsp3) is 0.562. The zero-order valence-corrected chi connectivity index (χ0v) is 24.2. The van der Waals surface area contributed by atoms with Crippen LogP contribution in [0.2, 0.25) is 0 Å². The van der Waals surface area contributed by atoms with Gasteiger partial charge in [-0.05, 0) is 46.2 Å². The van der Waals surface area contributed by atoms with Crippen LogP contribution in [0.4, 0.5) is 0 Å². The number of ether oxygens (including phenoxy) is 2. The first-order valence-corrected chi connectivity index (χ1v) is 14.2. The molecule has 1 fully saturated rings. The van der Waals surface area contributed by atoms with E-state index in [0.717, 1.165) is 6.42 Å². The third-order valence-corrected chi connectivity index (χ3v) is 7.18. The number of esters is 1. The summed E-state index contributed by atoms with van der Waals surface area (Å²) in [5, 5.41) is 12.5. The van der Waals surface area contributed by atoms with Crippen molar-refractivity contribution in [2.45, 2.75) is 103 Å². The van der Waals surface area contributed by atoms with Gasteiger partial charge >= 0.3 is 5.97 Å². The third kappa shape index (κ3) is 8.80. The number of hydrogen-bond donors (Lipinski definition) is 1. The second-order valence-electron chi connectivity index (χ2n) is 11.7. The molecular weight excluding hydrogens is 494 g/mol. The Labute approximate surface area is 233 Å². The smallest absolute Gasteiger partial charge is 0.344 e. The van der Waals surface area contributed by atoms with Gasteiger partial charge in [-0.3, -0.25) is 9.63 Å². The van der Waals surface area contributed by atoms with Gasteiger partial charge in [0.25, 0.3) is 0 Å². The topological polar surface area (TPSA) is 85.3 Å². The lowest BCUT2D eigenvalue weighted by molar-refractivity contribution is -0.293. The minimum atomic E-state index is -0.475. The Morgan fingerprint density at radius 2 is 1.56 bits per heavy atom. The van der Waals surface area contributed by atoms with E-state index in [2.05, 4.69) is 39.7 Å². The number of benzene rings is 2. The first-order valence-electron chi connectivity index (χ1n) is 14.2. The zero-order valence-electron chi connectivity index (χ0n) is 24.2. The van der Waals surface area contributed by atoms with Gasteiger partial charge in [-0.2, -0.15) is 5.06 Å². The van der Waals surface area contributed by atoms with Gasteiger partial charge in [-0.15, -0.1) is 0 Å². The summed E-state index contributed by atoms with van der Waals surface area (Å²) < 4.78 is 11.4. The van der Waals surface area contributed by atoms with Crippen LogP contribution in [0.5, 0.6) is 11.5 Å². The molecule has 0 aliphatic carbocycles. The van der Waals surface area contributed by atoms with Crippen molar-refractivity contribution < 1.29 is 29.0 Å². The van der Waals surface area contributed by atoms with Gasteiger partial charge in [0.1, 0.15) is 17.6 Å². The number of hydrogen-bond acceptors (Lipinski definition) is 7. The van der Waals surface area contributed by atoms with Crippen LogP contribution in [0.1, 0.15) is 102 Å². The minimum Gasteiger partial charge on any atom is -0.507 e. The summed E-state index contributed by atoms with van der Waals surface area (Å²) in [6, 6.07) is 13.1. The predicted octanol–water partition coefficient (Wildman–Crippen LogP) is 6.86. The van der Waals surface area contributed by atoms with Crippen molar-refractivity contribution in [2.24, 2.45) is 0 Å². The summed E-state index contributed by atoms with van der Waals surface area (Å²) in [5.74, 6) is -0.678. The van der Waals surface area contributed by atoms with Crippen LogP contribution < -0.4 is 4.74 Å². The van der Waals surface area contributed by atoms with Crippen LogP contribution in [0.3, 0.4) is 0 Å². The largest absolute Gasteiger partial charge is 0.507 e. The highest BCUT2D eigenvalue weighted by atomic mass is 16.7. The van der Waals surface area contributed by atoms with Crippen molar-refractivity contribution in [2.75, 3.05) is 13.2 Å². The van der Waals surface area contributed by atoms with Gasteiger partial charge in [0.05, 0.1) is 12.2 Å². The van der Waals surface area contributed by atoms with Crippen molar-refractivity contribution in [3.8, 4) is 11.5 Å². The molecule has 3 rings (SSSR count). The maximum atomic E-state index is 12.6. The molecule has 0 aromatic heterocycles. The number of aromatic hydroxyl groups is 1. The number of phenols is 1. The van der Waals surface area contributed by atoms with Crippen molar-refractivity contribution in [3.63, 3.8) is 0 Å². The number of ketones is 1. The molecule has 0 unspecified atom stereocenters. The Morgan fingerprint density at radius 3 is 2.21 bits per heavy atom. The molecule has 39 heavy (non-hydrogen) atoms. The monoisotopic (exact) mass is 539 g/mol. The van der Waals surface area contributed by atoms with Crippen LogP contribution in [0, 0.1) is 0 Å². The standard InChI is InChI=1S/C32H45NO6/c1-6-7-8-9-10-14-19-38-33-31(2,3)21-26(22-32(33,4)5)39-29(35)23-37-25-17-18-27(28(34)20-25)30(36)24-15-12-11-13-16-24/h11-13,15-18,20,26,34H,6-10,14,19,21-23H2,1-5H3. The molecule has 0 bridgehead atoms. The van der Waals surface area contributed by atoms with E-state index in [0.29, 0.717) is 25.0 Å². The summed E-state index contributed by atoms with van der Waals surface area (Å²) in [4.78, 5) is 31.5. The first kappa shape index (κ1) is 30.6. The lowest BCUT2D eigenvalue weighted by Crippen LogP contribution is -2.62. The van der Waals surface area contributed by atoms with Crippen LogP contribution in [0.25, 0.3) is 0 Å². The molecule has 1 aliphatic heterocycles. The van der Waals surface area contributed by atoms with E-state index in [9.17, 15) is 14.7 Å². The quantitative estimate of drug-likeness (QED) is 0.159. The summed E-state index contributed by atoms with van der Waals surface area (Å²) in [6.45, 7) is 11.1. The molecule has 0 atom stereocenters. The van der Waals surface area contributed by atoms with Gasteiger partial charge in [0, 0.05) is 35.5 Å². The minimum absolute atomic E-state index is 0.172. The molecule has 0 spiro atoms. The third-order valence-electron chi connectivity index (χ3n) is 7.18. The molecule has 1 saturated heterocycles. The molecule has 0 amide bonds. The Bertz CT molecular complexity index is 1060. The number of nitrogens with zero attached hydrogens (tertiary/aromatic N) is 1. The Kier molecular flexibility index (Phi) is 11.0. The number of rotatable bonds is 14. The fourth-order valence-electron chi connectivity index (χ4n) is 5.54. The maximum absolute atomic E-state index is 12.6. The number of piperidine rings is 1. The molecule has 2 aromatic carbocycles. The predicted molar refractivity (Wildman–Crippen MR) is 152 cm³/mol. The van der Waals surface area contributed by atoms with E-state index in [1.165, 1.54) is 44.2 Å². The second-order valence-corrected chi connectivity index (χ2v) is 11.7. The molecule has 7 heteroatoms. The molecular formula is C32H45NO6. The lowest BCUT2D eigenvalue weighted by Gasteiger charge is -2.53. The van der Waals surface area contributed by atoms with Gasteiger partial charge in [-0.25, -0.2) is 4.79 Å². The summed E-state index contributed by atoms with van der Waals surface area (Å²) in [5.41, 5.74) is 0.0477. The van der Waals surface area contributed by atoms with Crippen LogP contribution >= 0.6 is 0 Å². The van der Waals surface area contributed by atoms with Crippen molar-refractivity contribution in [1.29, 1.82) is 0 Å². The SMILES string of the molecule is CCCCCCCCON1C(C)(C)CC(OC(=O)COc2ccc(C(=O)c3ccccc3)c(O)c2)CC1(C)C. The van der Waals surface area contributed by atoms with Crippen molar-refractivity contribution in [3.05, 3.63) is 59.7 Å². The van der Waals surface area contributed by atoms with Gasteiger partial charge in [-0.1, -0.05) is 69.4 Å². The first-order chi connectivity index (χ1) is 18.5. The van der Waals surface area contributed by atoms with Crippen LogP contribution in [0.15, 0.2) is 48.5 Å². The van der Waals surface area contributed by atoms with E-state index >= 15 is 0 Å². The van der Waals surface area contributed by atoms with Gasteiger partial charge < -0.3 is 14.6 Å². The van der Waals surface area contributed by atoms with Gasteiger partial charge in [0.2, 0.25) is 0 Å². The number of unbranched alkanes of at least 4 members (excludes halogenated alkanes) is 5. The number of carbonyl (C=O) groups is 2. The molecule has 0 radical (unpaired) electrons. The van der Waals surface area contributed by atoms with E-state index in [4.69, 9.17) is 14.3 Å². The summed E-state index contributed by atoms with van der Waals surface area (Å²) in [6.07, 6.45) is 8.33. The molecule has 0 saturated carbocycles. The fourth-order valence-corrected chi connectivity index (χ4v) is 5.54.